The van der Waals surface area contributed by atoms with Crippen LogP contribution in [0.15, 0.2) is 21.7 Å². The summed E-state index contributed by atoms with van der Waals surface area (Å²) in [6.07, 6.45) is 0. The van der Waals surface area contributed by atoms with E-state index < -0.39 is 23.0 Å². The highest BCUT2D eigenvalue weighted by Crippen LogP contribution is 2.37. The Morgan fingerprint density at radius 2 is 1.86 bits per heavy atom. The van der Waals surface area contributed by atoms with Crippen molar-refractivity contribution in [3.05, 3.63) is 28.6 Å². The molecule has 2 N–H and O–H groups in total. The van der Waals surface area contributed by atoms with E-state index >= 15 is 0 Å². The Balaban J connectivity index is 3.34. The zero-order chi connectivity index (χ0) is 17.1. The number of hydrogen-bond donors (Lipinski definition) is 2. The Labute approximate surface area is 127 Å². The number of nitrogens with one attached hydrogen (secondary N) is 1. The van der Waals surface area contributed by atoms with Crippen molar-refractivity contribution in [2.24, 2.45) is 10.2 Å². The summed E-state index contributed by atoms with van der Waals surface area (Å²) in [7, 11) is 0. The number of hydrogen-bond acceptors (Lipinski definition) is 6. The Morgan fingerprint density at radius 3 is 2.27 bits per heavy atom. The molecular weight excluding hydrogens is 286 g/mol. The Morgan fingerprint density at radius 1 is 1.27 bits per heavy atom. The summed E-state index contributed by atoms with van der Waals surface area (Å²) in [4.78, 5) is 25.9. The van der Waals surface area contributed by atoms with Gasteiger partial charge in [-0.1, -0.05) is 20.8 Å². The predicted molar refractivity (Wildman–Crippen MR) is 79.1 cm³/mol. The molecule has 116 valence electrons. The summed E-state index contributed by atoms with van der Waals surface area (Å²) in [5.41, 5.74) is -0.0488. The minimum atomic E-state index is -0.771. The largest absolute Gasteiger partial charge is 0.503 e. The smallest absolute Gasteiger partial charge is 0.255 e. The summed E-state index contributed by atoms with van der Waals surface area (Å²) in [6, 6.07) is 0. The van der Waals surface area contributed by atoms with Gasteiger partial charge in [0.15, 0.2) is 23.0 Å². The second-order valence-corrected chi connectivity index (χ2v) is 5.64. The van der Waals surface area contributed by atoms with E-state index in [2.05, 4.69) is 25.3 Å². The second-order valence-electron chi connectivity index (χ2n) is 5.64. The first-order valence-electron chi connectivity index (χ1n) is 6.42. The molecule has 0 saturated carbocycles. The van der Waals surface area contributed by atoms with Gasteiger partial charge in [0.05, 0.1) is 6.57 Å². The molecule has 0 aliphatic heterocycles. The van der Waals surface area contributed by atoms with Crippen molar-refractivity contribution in [1.82, 2.24) is 10.2 Å². The molecule has 0 saturated heterocycles. The highest BCUT2D eigenvalue weighted by atomic mass is 16.3. The van der Waals surface area contributed by atoms with Gasteiger partial charge in [-0.05, 0) is 5.41 Å². The quantitative estimate of drug-likeness (QED) is 0.384. The van der Waals surface area contributed by atoms with Crippen LogP contribution < -0.4 is 0 Å². The van der Waals surface area contributed by atoms with Crippen molar-refractivity contribution in [3.8, 4) is 0 Å². The first-order chi connectivity index (χ1) is 10.1. The van der Waals surface area contributed by atoms with Crippen molar-refractivity contribution in [1.29, 1.82) is 0 Å². The third kappa shape index (κ3) is 3.63. The van der Waals surface area contributed by atoms with Crippen LogP contribution in [0.25, 0.3) is 4.85 Å². The number of aliphatic hydroxyl groups excluding tert-OH is 1. The standard InChI is InChI=1S/C14H17N5O3/c1-7(20)9(11(22)8(2)21)16-18-13-10(15-6)12(17-19-13)14(3,4)5/h22H,1-5H3,(H,17,19)/b11-9-,18-16?. The molecular formula is C14H17N5O3. The summed E-state index contributed by atoms with van der Waals surface area (Å²) in [5, 5.41) is 23.5. The van der Waals surface area contributed by atoms with Crippen molar-refractivity contribution >= 4 is 23.1 Å². The fourth-order valence-electron chi connectivity index (χ4n) is 1.57. The number of ketones is 2. The van der Waals surface area contributed by atoms with E-state index in [-0.39, 0.29) is 16.9 Å². The second kappa shape index (κ2) is 6.30. The monoisotopic (exact) mass is 303 g/mol. The van der Waals surface area contributed by atoms with Gasteiger partial charge < -0.3 is 5.11 Å². The van der Waals surface area contributed by atoms with Crippen LogP contribution in [0.3, 0.4) is 0 Å². The third-order valence-electron chi connectivity index (χ3n) is 2.72. The molecule has 1 aromatic rings. The third-order valence-corrected chi connectivity index (χ3v) is 2.72. The molecule has 0 aromatic carbocycles. The zero-order valence-electron chi connectivity index (χ0n) is 13.1. The Kier molecular flexibility index (Phi) is 4.94. The van der Waals surface area contributed by atoms with E-state index in [0.717, 1.165) is 13.8 Å². The molecule has 0 aliphatic rings. The molecule has 8 heteroatoms. The summed E-state index contributed by atoms with van der Waals surface area (Å²) >= 11 is 0. The molecule has 1 rings (SSSR count). The highest BCUT2D eigenvalue weighted by Gasteiger charge is 2.24. The number of rotatable bonds is 4. The van der Waals surface area contributed by atoms with Gasteiger partial charge in [0.25, 0.3) is 5.69 Å². The fourth-order valence-corrected chi connectivity index (χ4v) is 1.57. The van der Waals surface area contributed by atoms with Gasteiger partial charge in [0.2, 0.25) is 5.82 Å². The van der Waals surface area contributed by atoms with E-state index in [1.807, 2.05) is 20.8 Å². The van der Waals surface area contributed by atoms with Gasteiger partial charge in [-0.15, -0.1) is 10.2 Å². The number of nitrogens with zero attached hydrogens (tertiary/aromatic N) is 4. The van der Waals surface area contributed by atoms with Crippen LogP contribution in [0.4, 0.5) is 11.5 Å². The summed E-state index contributed by atoms with van der Waals surface area (Å²) in [6.45, 7) is 15.2. The van der Waals surface area contributed by atoms with Crippen LogP contribution in [0.1, 0.15) is 40.3 Å². The number of carbonyl (C=O) groups is 2. The van der Waals surface area contributed by atoms with Gasteiger partial charge >= 0.3 is 0 Å². The summed E-state index contributed by atoms with van der Waals surface area (Å²) < 4.78 is 0. The topological polar surface area (TPSA) is 112 Å². The molecule has 0 bridgehead atoms. The van der Waals surface area contributed by atoms with Gasteiger partial charge in [0, 0.05) is 19.5 Å². The number of H-pyrrole nitrogens is 1. The van der Waals surface area contributed by atoms with Gasteiger partial charge in [-0.3, -0.25) is 14.7 Å². The minimum absolute atomic E-state index is 0.00460. The number of azo groups is 1. The molecule has 8 nitrogen and oxygen atoms in total. The summed E-state index contributed by atoms with van der Waals surface area (Å²) in [5.74, 6) is -2.10. The highest BCUT2D eigenvalue weighted by molar-refractivity contribution is 6.02. The van der Waals surface area contributed by atoms with Crippen LogP contribution >= 0.6 is 0 Å². The van der Waals surface area contributed by atoms with Gasteiger partial charge in [-0.2, -0.15) is 5.10 Å². The molecule has 0 fully saturated rings. The van der Waals surface area contributed by atoms with Crippen LogP contribution in [-0.4, -0.2) is 26.9 Å². The normalized spacial score (nSPS) is 12.9. The fraction of sp³-hybridized carbons (Fsp3) is 0.429. The number of allylic oxidation sites excluding steroid dienone is 2. The van der Waals surface area contributed by atoms with Crippen LogP contribution in [0, 0.1) is 6.57 Å². The van der Waals surface area contributed by atoms with E-state index in [4.69, 9.17) is 6.57 Å². The van der Waals surface area contributed by atoms with Crippen molar-refractivity contribution in [2.75, 3.05) is 0 Å². The van der Waals surface area contributed by atoms with Crippen LogP contribution in [-0.2, 0) is 15.0 Å². The maximum Gasteiger partial charge on any atom is 0.255 e. The lowest BCUT2D eigenvalue weighted by Crippen LogP contribution is -2.11. The van der Waals surface area contributed by atoms with E-state index in [0.29, 0.717) is 5.69 Å². The Bertz CT molecular complexity index is 714. The van der Waals surface area contributed by atoms with E-state index in [1.165, 1.54) is 0 Å². The lowest BCUT2D eigenvalue weighted by Gasteiger charge is -2.16. The predicted octanol–water partition coefficient (Wildman–Crippen LogP) is 3.29. The molecule has 1 heterocycles. The molecule has 0 unspecified atom stereocenters. The van der Waals surface area contributed by atoms with Crippen molar-refractivity contribution in [2.45, 2.75) is 40.0 Å². The van der Waals surface area contributed by atoms with Gasteiger partial charge in [0.1, 0.15) is 0 Å². The van der Waals surface area contributed by atoms with Crippen LogP contribution in [0.2, 0.25) is 0 Å². The molecule has 22 heavy (non-hydrogen) atoms. The average molecular weight is 303 g/mol. The minimum Gasteiger partial charge on any atom is -0.503 e. The van der Waals surface area contributed by atoms with E-state index in [9.17, 15) is 14.7 Å². The number of aromatic amines is 1. The van der Waals surface area contributed by atoms with E-state index in [1.54, 1.807) is 0 Å². The first kappa shape index (κ1) is 17.2. The van der Waals surface area contributed by atoms with Crippen LogP contribution in [0.5, 0.6) is 0 Å². The number of carbonyl (C=O) groups excluding carboxylic acids is 2. The lowest BCUT2D eigenvalue weighted by atomic mass is 9.91. The maximum absolute atomic E-state index is 11.4. The molecule has 0 atom stereocenters. The maximum atomic E-state index is 11.4. The Hall–Kier alpha value is -2.82. The van der Waals surface area contributed by atoms with Gasteiger partial charge in [-0.25, -0.2) is 4.85 Å². The lowest BCUT2D eigenvalue weighted by molar-refractivity contribution is -0.118. The molecule has 0 amide bonds. The molecule has 0 spiro atoms. The van der Waals surface area contributed by atoms with Crippen molar-refractivity contribution < 1.29 is 14.7 Å². The molecule has 1 aromatic heterocycles. The zero-order valence-corrected chi connectivity index (χ0v) is 13.1. The number of aromatic nitrogens is 2. The van der Waals surface area contributed by atoms with Crippen molar-refractivity contribution in [3.63, 3.8) is 0 Å². The SMILES string of the molecule is [C-]#[N+]c1c(N=N/C(C(C)=O)=C(\O)C(C)=O)n[nH]c1C(C)(C)C. The average Bonchev–Trinajstić information content (AvgIpc) is 2.81. The molecule has 0 radical (unpaired) electrons. The molecule has 0 aliphatic carbocycles. The first-order valence-corrected chi connectivity index (χ1v) is 6.42. The number of aliphatic hydroxyl groups is 1. The number of Topliss-reactive ketones (excluding diaryl/α,β-unsaturated/α-hetero) is 2.